The van der Waals surface area contributed by atoms with Gasteiger partial charge in [0.05, 0.1) is 6.54 Å². The fraction of sp³-hybridized carbons (Fsp3) is 0.400. The third-order valence-corrected chi connectivity index (χ3v) is 5.46. The normalized spacial score (nSPS) is 17.3. The van der Waals surface area contributed by atoms with Crippen molar-refractivity contribution in [1.82, 2.24) is 20.8 Å². The first-order valence-corrected chi connectivity index (χ1v) is 9.24. The average molecular weight is 371 g/mol. The van der Waals surface area contributed by atoms with Crippen LogP contribution in [-0.4, -0.2) is 40.2 Å². The number of aromatic nitrogens is 2. The fourth-order valence-electron chi connectivity index (χ4n) is 2.24. The number of hydrogen-bond donors (Lipinski definition) is 2. The molecule has 124 valence electrons. The molecule has 8 heteroatoms. The Labute approximate surface area is 150 Å². The van der Waals surface area contributed by atoms with Gasteiger partial charge in [-0.05, 0) is 0 Å². The van der Waals surface area contributed by atoms with Gasteiger partial charge in [-0.25, -0.2) is 0 Å². The Balaban J connectivity index is 0.00000192. The molecule has 1 aliphatic rings. The van der Waals surface area contributed by atoms with Crippen molar-refractivity contribution >= 4 is 41.4 Å². The number of carbonyl (C=O) groups is 1. The summed E-state index contributed by atoms with van der Waals surface area (Å²) in [6.07, 6.45) is 0.525. The maximum absolute atomic E-state index is 12.0. The van der Waals surface area contributed by atoms with Gasteiger partial charge in [0.2, 0.25) is 5.91 Å². The first-order valence-electron chi connectivity index (χ1n) is 7.27. The standard InChI is InChI=1S/C15H18N4OS2.ClH/c20-13(8-12-10-21-7-6-16-12)17-9-14-18-19-15(22-14)11-4-2-1-3-5-11;/h1-5,12,16H,6-10H2,(H,17,20);1H. The predicted octanol–water partition coefficient (Wildman–Crippen LogP) is 2.34. The molecule has 5 nitrogen and oxygen atoms in total. The first kappa shape index (κ1) is 18.2. The molecule has 3 rings (SSSR count). The van der Waals surface area contributed by atoms with Crippen LogP contribution < -0.4 is 10.6 Å². The average Bonchev–Trinajstić information content (AvgIpc) is 3.04. The van der Waals surface area contributed by atoms with Gasteiger partial charge in [0, 0.05) is 36.1 Å². The molecule has 0 radical (unpaired) electrons. The summed E-state index contributed by atoms with van der Waals surface area (Å²) in [5.74, 6) is 2.20. The number of carbonyl (C=O) groups excluding carboxylic acids is 1. The SMILES string of the molecule is Cl.O=C(CC1CSCCN1)NCc1nnc(-c2ccccc2)s1. The first-order chi connectivity index (χ1) is 10.8. The molecule has 1 aliphatic heterocycles. The Kier molecular flexibility index (Phi) is 7.29. The van der Waals surface area contributed by atoms with E-state index in [9.17, 15) is 4.79 Å². The number of halogens is 1. The molecule has 1 unspecified atom stereocenters. The van der Waals surface area contributed by atoms with Gasteiger partial charge in [-0.1, -0.05) is 41.7 Å². The minimum absolute atomic E-state index is 0. The molecule has 1 saturated heterocycles. The van der Waals surface area contributed by atoms with Gasteiger partial charge in [0.15, 0.2) is 0 Å². The van der Waals surface area contributed by atoms with Gasteiger partial charge in [-0.15, -0.1) is 22.6 Å². The highest BCUT2D eigenvalue weighted by Gasteiger charge is 2.16. The minimum atomic E-state index is 0. The van der Waals surface area contributed by atoms with E-state index in [1.807, 2.05) is 42.1 Å². The van der Waals surface area contributed by atoms with Crippen LogP contribution in [0.25, 0.3) is 10.6 Å². The van der Waals surface area contributed by atoms with E-state index in [2.05, 4.69) is 20.8 Å². The highest BCUT2D eigenvalue weighted by Crippen LogP contribution is 2.22. The number of thioether (sulfide) groups is 1. The zero-order valence-corrected chi connectivity index (χ0v) is 15.0. The lowest BCUT2D eigenvalue weighted by atomic mass is 10.2. The zero-order chi connectivity index (χ0) is 15.2. The molecule has 1 atom stereocenters. The van der Waals surface area contributed by atoms with Crippen molar-refractivity contribution in [3.63, 3.8) is 0 Å². The molecule has 1 amide bonds. The lowest BCUT2D eigenvalue weighted by Crippen LogP contribution is -2.41. The molecule has 0 aliphatic carbocycles. The summed E-state index contributed by atoms with van der Waals surface area (Å²) in [5.41, 5.74) is 1.06. The maximum atomic E-state index is 12.0. The van der Waals surface area contributed by atoms with E-state index in [1.54, 1.807) is 0 Å². The maximum Gasteiger partial charge on any atom is 0.221 e. The second-order valence-electron chi connectivity index (χ2n) is 5.07. The van der Waals surface area contributed by atoms with E-state index in [-0.39, 0.29) is 24.4 Å². The van der Waals surface area contributed by atoms with Crippen molar-refractivity contribution in [3.05, 3.63) is 35.3 Å². The van der Waals surface area contributed by atoms with Gasteiger partial charge >= 0.3 is 0 Å². The highest BCUT2D eigenvalue weighted by molar-refractivity contribution is 7.99. The molecule has 2 N–H and O–H groups in total. The monoisotopic (exact) mass is 370 g/mol. The van der Waals surface area contributed by atoms with E-state index in [4.69, 9.17) is 0 Å². The lowest BCUT2D eigenvalue weighted by Gasteiger charge is -2.22. The Morgan fingerprint density at radius 3 is 2.87 bits per heavy atom. The van der Waals surface area contributed by atoms with Gasteiger partial charge in [0.25, 0.3) is 0 Å². The molecule has 2 aromatic rings. The van der Waals surface area contributed by atoms with Crippen molar-refractivity contribution in [2.45, 2.75) is 19.0 Å². The second kappa shape index (κ2) is 9.22. The predicted molar refractivity (Wildman–Crippen MR) is 98.2 cm³/mol. The largest absolute Gasteiger partial charge is 0.349 e. The third kappa shape index (κ3) is 5.46. The molecule has 23 heavy (non-hydrogen) atoms. The summed E-state index contributed by atoms with van der Waals surface area (Å²) in [6.45, 7) is 1.43. The molecule has 0 bridgehead atoms. The summed E-state index contributed by atoms with van der Waals surface area (Å²) in [6, 6.07) is 10.2. The van der Waals surface area contributed by atoms with Gasteiger partial charge in [-0.2, -0.15) is 11.8 Å². The van der Waals surface area contributed by atoms with E-state index >= 15 is 0 Å². The van der Waals surface area contributed by atoms with Gasteiger partial charge in [-0.3, -0.25) is 4.79 Å². The molecule has 2 heterocycles. The van der Waals surface area contributed by atoms with Crippen LogP contribution in [0, 0.1) is 0 Å². The molecular formula is C15H19ClN4OS2. The van der Waals surface area contributed by atoms with E-state index < -0.39 is 0 Å². The van der Waals surface area contributed by atoms with Gasteiger partial charge in [0.1, 0.15) is 10.0 Å². The molecular weight excluding hydrogens is 352 g/mol. The van der Waals surface area contributed by atoms with Crippen LogP contribution in [0.3, 0.4) is 0 Å². The summed E-state index contributed by atoms with van der Waals surface area (Å²) >= 11 is 3.41. The van der Waals surface area contributed by atoms with E-state index in [0.717, 1.165) is 33.6 Å². The zero-order valence-electron chi connectivity index (χ0n) is 12.5. The van der Waals surface area contributed by atoms with Gasteiger partial charge < -0.3 is 10.6 Å². The Hall–Kier alpha value is -1.15. The number of hydrogen-bond acceptors (Lipinski definition) is 6. The smallest absolute Gasteiger partial charge is 0.221 e. The Bertz CT molecular complexity index is 617. The lowest BCUT2D eigenvalue weighted by molar-refractivity contribution is -0.121. The van der Waals surface area contributed by atoms with Crippen molar-refractivity contribution in [2.75, 3.05) is 18.1 Å². The van der Waals surface area contributed by atoms with Crippen LogP contribution in [0.15, 0.2) is 30.3 Å². The molecule has 0 spiro atoms. The van der Waals surface area contributed by atoms with Crippen LogP contribution in [0.2, 0.25) is 0 Å². The molecule has 1 aromatic heterocycles. The van der Waals surface area contributed by atoms with E-state index in [0.29, 0.717) is 13.0 Å². The number of nitrogens with one attached hydrogen (secondary N) is 2. The van der Waals surface area contributed by atoms with Crippen LogP contribution >= 0.6 is 35.5 Å². The number of rotatable bonds is 5. The second-order valence-corrected chi connectivity index (χ2v) is 7.29. The topological polar surface area (TPSA) is 66.9 Å². The molecule has 0 saturated carbocycles. The van der Waals surface area contributed by atoms with E-state index in [1.165, 1.54) is 11.3 Å². The van der Waals surface area contributed by atoms with Crippen molar-refractivity contribution in [2.24, 2.45) is 0 Å². The van der Waals surface area contributed by atoms with Crippen molar-refractivity contribution in [3.8, 4) is 10.6 Å². The van der Waals surface area contributed by atoms with Crippen LogP contribution in [0.1, 0.15) is 11.4 Å². The summed E-state index contributed by atoms with van der Waals surface area (Å²) in [7, 11) is 0. The van der Waals surface area contributed by atoms with Crippen LogP contribution in [-0.2, 0) is 11.3 Å². The van der Waals surface area contributed by atoms with Crippen LogP contribution in [0.4, 0.5) is 0 Å². The summed E-state index contributed by atoms with van der Waals surface area (Å²) in [4.78, 5) is 12.0. The molecule has 1 aromatic carbocycles. The highest BCUT2D eigenvalue weighted by atomic mass is 35.5. The molecule has 1 fully saturated rings. The Morgan fingerprint density at radius 2 is 2.13 bits per heavy atom. The fourth-order valence-corrected chi connectivity index (χ4v) is 3.98. The minimum Gasteiger partial charge on any atom is -0.349 e. The van der Waals surface area contributed by atoms with Crippen molar-refractivity contribution in [1.29, 1.82) is 0 Å². The number of nitrogens with zero attached hydrogens (tertiary/aromatic N) is 2. The summed E-state index contributed by atoms with van der Waals surface area (Å²) in [5, 5.41) is 16.3. The third-order valence-electron chi connectivity index (χ3n) is 3.35. The quantitative estimate of drug-likeness (QED) is 0.845. The summed E-state index contributed by atoms with van der Waals surface area (Å²) < 4.78 is 0. The number of benzene rings is 1. The van der Waals surface area contributed by atoms with Crippen LogP contribution in [0.5, 0.6) is 0 Å². The van der Waals surface area contributed by atoms with Crippen molar-refractivity contribution < 1.29 is 4.79 Å². The number of amides is 1. The Morgan fingerprint density at radius 1 is 1.30 bits per heavy atom.